The number of nitrogens with zero attached hydrogens (tertiary/aromatic N) is 1. The number of hydrogen-bond donors (Lipinski definition) is 2. The first-order valence-electron chi connectivity index (χ1n) is 5.47. The number of rotatable bonds is 2. The third-order valence-corrected chi connectivity index (χ3v) is 3.27. The summed E-state index contributed by atoms with van der Waals surface area (Å²) in [5.74, 6) is -0.999. The molecule has 4 nitrogen and oxygen atoms in total. The number of nitrogens with two attached hydrogens (primary N) is 1. The van der Waals surface area contributed by atoms with Gasteiger partial charge in [-0.15, -0.1) is 0 Å². The van der Waals surface area contributed by atoms with Gasteiger partial charge in [0, 0.05) is 29.2 Å². The van der Waals surface area contributed by atoms with E-state index in [1.807, 2.05) is 43.7 Å². The molecule has 0 bridgehead atoms. The molecule has 17 heavy (non-hydrogen) atoms. The highest BCUT2D eigenvalue weighted by Gasteiger charge is 2.22. The molecule has 4 heteroatoms. The molecule has 2 rings (SSSR count). The molecule has 1 unspecified atom stereocenters. The fourth-order valence-corrected chi connectivity index (χ4v) is 2.22. The van der Waals surface area contributed by atoms with Crippen molar-refractivity contribution in [3.8, 4) is 0 Å². The molecule has 3 N–H and O–H groups in total. The van der Waals surface area contributed by atoms with Crippen LogP contribution in [-0.2, 0) is 11.8 Å². The lowest BCUT2D eigenvalue weighted by Crippen LogP contribution is -2.21. The van der Waals surface area contributed by atoms with E-state index in [0.29, 0.717) is 5.56 Å². The van der Waals surface area contributed by atoms with Crippen LogP contribution in [-0.4, -0.2) is 15.6 Å². The van der Waals surface area contributed by atoms with Crippen LogP contribution in [0.15, 0.2) is 18.2 Å². The zero-order chi connectivity index (χ0) is 12.7. The van der Waals surface area contributed by atoms with E-state index >= 15 is 0 Å². The molecule has 0 radical (unpaired) electrons. The summed E-state index contributed by atoms with van der Waals surface area (Å²) < 4.78 is 1.99. The Morgan fingerprint density at radius 2 is 2.06 bits per heavy atom. The van der Waals surface area contributed by atoms with Gasteiger partial charge in [-0.1, -0.05) is 12.1 Å². The molecule has 1 heterocycles. The van der Waals surface area contributed by atoms with Crippen LogP contribution in [0.3, 0.4) is 0 Å². The fourth-order valence-electron chi connectivity index (χ4n) is 2.22. The molecule has 1 aromatic carbocycles. The highest BCUT2D eigenvalue weighted by molar-refractivity contribution is 5.91. The maximum atomic E-state index is 11.0. The number of aromatic nitrogens is 1. The quantitative estimate of drug-likeness (QED) is 0.830. The fraction of sp³-hybridized carbons (Fsp3) is 0.308. The second-order valence-electron chi connectivity index (χ2n) is 4.39. The third kappa shape index (κ3) is 1.70. The van der Waals surface area contributed by atoms with E-state index < -0.39 is 12.0 Å². The van der Waals surface area contributed by atoms with E-state index in [2.05, 4.69) is 0 Å². The highest BCUT2D eigenvalue weighted by atomic mass is 16.4. The Morgan fingerprint density at radius 1 is 1.41 bits per heavy atom. The van der Waals surface area contributed by atoms with Gasteiger partial charge >= 0.3 is 5.97 Å². The van der Waals surface area contributed by atoms with Gasteiger partial charge < -0.3 is 15.4 Å². The molecular weight excluding hydrogens is 216 g/mol. The Bertz CT molecular complexity index is 599. The zero-order valence-electron chi connectivity index (χ0n) is 10.2. The van der Waals surface area contributed by atoms with Crippen molar-refractivity contribution in [1.29, 1.82) is 0 Å². The molecule has 90 valence electrons. The number of benzene rings is 1. The lowest BCUT2D eigenvalue weighted by molar-refractivity contribution is -0.138. The van der Waals surface area contributed by atoms with Crippen LogP contribution >= 0.6 is 0 Å². The van der Waals surface area contributed by atoms with Gasteiger partial charge in [0.1, 0.15) is 6.04 Å². The topological polar surface area (TPSA) is 68.2 Å². The van der Waals surface area contributed by atoms with Gasteiger partial charge in [-0.2, -0.15) is 0 Å². The van der Waals surface area contributed by atoms with Gasteiger partial charge in [0.05, 0.1) is 0 Å². The molecule has 0 aliphatic rings. The standard InChI is InChI=1S/C13H16N2O2/c1-7-4-5-9-10(6-7)15(3)8(2)11(9)12(14)13(16)17/h4-6,12H,14H2,1-3H3,(H,16,17). The second kappa shape index (κ2) is 3.89. The van der Waals surface area contributed by atoms with Crippen molar-refractivity contribution in [2.75, 3.05) is 0 Å². The number of hydrogen-bond acceptors (Lipinski definition) is 2. The third-order valence-electron chi connectivity index (χ3n) is 3.27. The Labute approximate surface area is 99.7 Å². The Kier molecular flexibility index (Phi) is 2.67. The smallest absolute Gasteiger partial charge is 0.325 e. The van der Waals surface area contributed by atoms with Crippen molar-refractivity contribution in [3.63, 3.8) is 0 Å². The van der Waals surface area contributed by atoms with E-state index in [9.17, 15) is 4.79 Å². The van der Waals surface area contributed by atoms with Gasteiger partial charge in [-0.05, 0) is 25.5 Å². The average molecular weight is 232 g/mol. The van der Waals surface area contributed by atoms with E-state index in [1.165, 1.54) is 0 Å². The predicted octanol–water partition coefficient (Wildman–Crippen LogP) is 1.88. The first kappa shape index (κ1) is 11.7. The van der Waals surface area contributed by atoms with E-state index in [-0.39, 0.29) is 0 Å². The number of carboxylic acids is 1. The first-order valence-corrected chi connectivity index (χ1v) is 5.47. The maximum Gasteiger partial charge on any atom is 0.325 e. The summed E-state index contributed by atoms with van der Waals surface area (Å²) in [6, 6.07) is 4.98. The van der Waals surface area contributed by atoms with Crippen LogP contribution in [0, 0.1) is 13.8 Å². The summed E-state index contributed by atoms with van der Waals surface area (Å²) in [5.41, 5.74) is 9.52. The number of aryl methyl sites for hydroxylation is 2. The minimum absolute atomic E-state index is 0.704. The van der Waals surface area contributed by atoms with Gasteiger partial charge in [0.15, 0.2) is 0 Å². The largest absolute Gasteiger partial charge is 0.480 e. The molecule has 0 fully saturated rings. The average Bonchev–Trinajstić information content (AvgIpc) is 2.51. The number of fused-ring (bicyclic) bond motifs is 1. The maximum absolute atomic E-state index is 11.0. The molecule has 0 amide bonds. The summed E-state index contributed by atoms with van der Waals surface area (Å²) in [5, 5.41) is 9.97. The lowest BCUT2D eigenvalue weighted by atomic mass is 10.0. The van der Waals surface area contributed by atoms with Crippen LogP contribution in [0.1, 0.15) is 22.9 Å². The van der Waals surface area contributed by atoms with Crippen molar-refractivity contribution < 1.29 is 9.90 Å². The number of carboxylic acid groups (broad SMARTS) is 1. The van der Waals surface area contributed by atoms with Crippen molar-refractivity contribution in [2.45, 2.75) is 19.9 Å². The number of carbonyl (C=O) groups is 1. The van der Waals surface area contributed by atoms with Crippen molar-refractivity contribution in [2.24, 2.45) is 12.8 Å². The van der Waals surface area contributed by atoms with Crippen LogP contribution in [0.4, 0.5) is 0 Å². The van der Waals surface area contributed by atoms with E-state index in [4.69, 9.17) is 10.8 Å². The van der Waals surface area contributed by atoms with Crippen LogP contribution in [0.25, 0.3) is 10.9 Å². The zero-order valence-corrected chi connectivity index (χ0v) is 10.2. The lowest BCUT2D eigenvalue weighted by Gasteiger charge is -2.07. The molecular formula is C13H16N2O2. The van der Waals surface area contributed by atoms with Crippen LogP contribution in [0.2, 0.25) is 0 Å². The second-order valence-corrected chi connectivity index (χ2v) is 4.39. The number of aliphatic carboxylic acids is 1. The summed E-state index contributed by atoms with van der Waals surface area (Å²) >= 11 is 0. The van der Waals surface area contributed by atoms with E-state index in [0.717, 1.165) is 22.2 Å². The molecule has 1 aromatic heterocycles. The van der Waals surface area contributed by atoms with Crippen molar-refractivity contribution in [3.05, 3.63) is 35.0 Å². The SMILES string of the molecule is Cc1ccc2c(C(N)C(=O)O)c(C)n(C)c2c1. The van der Waals surface area contributed by atoms with Gasteiger partial charge in [0.25, 0.3) is 0 Å². The Hall–Kier alpha value is -1.81. The molecule has 0 saturated carbocycles. The van der Waals surface area contributed by atoms with E-state index in [1.54, 1.807) is 0 Å². The summed E-state index contributed by atoms with van der Waals surface area (Å²) in [6.45, 7) is 3.91. The van der Waals surface area contributed by atoms with Crippen molar-refractivity contribution in [1.82, 2.24) is 4.57 Å². The predicted molar refractivity (Wildman–Crippen MR) is 67.0 cm³/mol. The normalized spacial score (nSPS) is 12.9. The van der Waals surface area contributed by atoms with Crippen LogP contribution in [0.5, 0.6) is 0 Å². The molecule has 0 spiro atoms. The molecule has 0 aliphatic carbocycles. The first-order chi connectivity index (χ1) is 7.93. The van der Waals surface area contributed by atoms with Crippen LogP contribution < -0.4 is 5.73 Å². The minimum atomic E-state index is -0.999. The Morgan fingerprint density at radius 3 is 2.65 bits per heavy atom. The molecule has 0 aliphatic heterocycles. The molecule has 1 atom stereocenters. The van der Waals surface area contributed by atoms with Crippen molar-refractivity contribution >= 4 is 16.9 Å². The molecule has 0 saturated heterocycles. The minimum Gasteiger partial charge on any atom is -0.480 e. The summed E-state index contributed by atoms with van der Waals surface area (Å²) in [4.78, 5) is 11.0. The summed E-state index contributed by atoms with van der Waals surface area (Å²) in [6.07, 6.45) is 0. The monoisotopic (exact) mass is 232 g/mol. The van der Waals surface area contributed by atoms with Gasteiger partial charge in [-0.3, -0.25) is 4.79 Å². The highest BCUT2D eigenvalue weighted by Crippen LogP contribution is 2.29. The Balaban J connectivity index is 2.80. The van der Waals surface area contributed by atoms with Gasteiger partial charge in [0.2, 0.25) is 0 Å². The molecule has 2 aromatic rings. The van der Waals surface area contributed by atoms with Gasteiger partial charge in [-0.25, -0.2) is 0 Å². The summed E-state index contributed by atoms with van der Waals surface area (Å²) in [7, 11) is 1.93.